The Morgan fingerprint density at radius 3 is 3.00 bits per heavy atom. The Morgan fingerprint density at radius 1 is 1.58 bits per heavy atom. The summed E-state index contributed by atoms with van der Waals surface area (Å²) < 4.78 is 5.61. The van der Waals surface area contributed by atoms with Crippen LogP contribution in [-0.2, 0) is 11.2 Å². The van der Waals surface area contributed by atoms with Crippen LogP contribution in [0, 0.1) is 5.92 Å². The zero-order valence-corrected chi connectivity index (χ0v) is 11.7. The molecule has 1 aromatic carbocycles. The van der Waals surface area contributed by atoms with Gasteiger partial charge >= 0.3 is 0 Å². The molecule has 2 atom stereocenters. The molecule has 2 rings (SSSR count). The number of rotatable bonds is 4. The molecule has 0 spiro atoms. The van der Waals surface area contributed by atoms with Crippen molar-refractivity contribution in [3.8, 4) is 5.75 Å². The SMILES string of the molecule is CCC(NC(=O)C1COc2ccccc2C1)C(N)=S. The van der Waals surface area contributed by atoms with E-state index in [0.717, 1.165) is 11.3 Å². The lowest BCUT2D eigenvalue weighted by molar-refractivity contribution is -0.126. The normalized spacial score (nSPS) is 18.9. The lowest BCUT2D eigenvalue weighted by atomic mass is 9.95. The van der Waals surface area contributed by atoms with E-state index >= 15 is 0 Å². The predicted molar refractivity (Wildman–Crippen MR) is 78.1 cm³/mol. The van der Waals surface area contributed by atoms with Gasteiger partial charge in [0.25, 0.3) is 0 Å². The van der Waals surface area contributed by atoms with E-state index < -0.39 is 0 Å². The molecule has 0 aromatic heterocycles. The Labute approximate surface area is 118 Å². The standard InChI is InChI=1S/C14H18N2O2S/c1-2-11(13(15)19)16-14(17)10-7-9-5-3-4-6-12(9)18-8-10/h3-6,10-11H,2,7-8H2,1H3,(H2,15,19)(H,16,17). The van der Waals surface area contributed by atoms with Crippen LogP contribution in [0.4, 0.5) is 0 Å². The molecule has 0 aliphatic carbocycles. The molecular formula is C14H18N2O2S. The average Bonchev–Trinajstić information content (AvgIpc) is 2.43. The van der Waals surface area contributed by atoms with Crippen LogP contribution in [0.2, 0.25) is 0 Å². The van der Waals surface area contributed by atoms with Gasteiger partial charge in [-0.1, -0.05) is 37.3 Å². The number of thiocarbonyl (C=S) groups is 1. The Bertz CT molecular complexity index is 490. The van der Waals surface area contributed by atoms with Crippen LogP contribution in [0.3, 0.4) is 0 Å². The number of para-hydroxylation sites is 1. The van der Waals surface area contributed by atoms with Gasteiger partial charge in [-0.25, -0.2) is 0 Å². The highest BCUT2D eigenvalue weighted by Gasteiger charge is 2.27. The highest BCUT2D eigenvalue weighted by molar-refractivity contribution is 7.80. The molecule has 1 aliphatic heterocycles. The third-order valence-corrected chi connectivity index (χ3v) is 3.60. The molecule has 1 heterocycles. The number of hydrogen-bond donors (Lipinski definition) is 2. The molecule has 5 heteroatoms. The number of nitrogens with one attached hydrogen (secondary N) is 1. The van der Waals surface area contributed by atoms with E-state index in [2.05, 4.69) is 5.32 Å². The summed E-state index contributed by atoms with van der Waals surface area (Å²) in [4.78, 5) is 12.5. The van der Waals surface area contributed by atoms with E-state index in [0.29, 0.717) is 24.4 Å². The van der Waals surface area contributed by atoms with Crippen LogP contribution < -0.4 is 15.8 Å². The molecule has 2 unspecified atom stereocenters. The molecular weight excluding hydrogens is 260 g/mol. The summed E-state index contributed by atoms with van der Waals surface area (Å²) in [6.45, 7) is 2.34. The molecule has 19 heavy (non-hydrogen) atoms. The van der Waals surface area contributed by atoms with Gasteiger partial charge in [-0.3, -0.25) is 4.79 Å². The Balaban J connectivity index is 2.01. The van der Waals surface area contributed by atoms with Crippen molar-refractivity contribution in [2.24, 2.45) is 11.7 Å². The number of carbonyl (C=O) groups is 1. The van der Waals surface area contributed by atoms with Gasteiger partial charge in [0.05, 0.1) is 16.9 Å². The van der Waals surface area contributed by atoms with Crippen molar-refractivity contribution in [3.63, 3.8) is 0 Å². The van der Waals surface area contributed by atoms with E-state index in [1.54, 1.807) is 0 Å². The monoisotopic (exact) mass is 278 g/mol. The van der Waals surface area contributed by atoms with Gasteiger partial charge in [0.2, 0.25) is 5.91 Å². The topological polar surface area (TPSA) is 64.3 Å². The number of fused-ring (bicyclic) bond motifs is 1. The third-order valence-electron chi connectivity index (χ3n) is 3.32. The summed E-state index contributed by atoms with van der Waals surface area (Å²) in [5.74, 6) is 0.639. The zero-order chi connectivity index (χ0) is 13.8. The van der Waals surface area contributed by atoms with Crippen molar-refractivity contribution in [1.82, 2.24) is 5.32 Å². The number of amides is 1. The minimum Gasteiger partial charge on any atom is -0.492 e. The van der Waals surface area contributed by atoms with Crippen LogP contribution in [-0.4, -0.2) is 23.5 Å². The summed E-state index contributed by atoms with van der Waals surface area (Å²) in [6, 6.07) is 7.55. The molecule has 0 saturated heterocycles. The Morgan fingerprint density at radius 2 is 2.32 bits per heavy atom. The van der Waals surface area contributed by atoms with Gasteiger partial charge in [-0.15, -0.1) is 0 Å². The zero-order valence-electron chi connectivity index (χ0n) is 10.9. The van der Waals surface area contributed by atoms with Gasteiger partial charge in [-0.2, -0.15) is 0 Å². The largest absolute Gasteiger partial charge is 0.492 e. The van der Waals surface area contributed by atoms with E-state index in [9.17, 15) is 4.79 Å². The van der Waals surface area contributed by atoms with Crippen molar-refractivity contribution < 1.29 is 9.53 Å². The van der Waals surface area contributed by atoms with Crippen molar-refractivity contribution in [1.29, 1.82) is 0 Å². The van der Waals surface area contributed by atoms with E-state index in [-0.39, 0.29) is 17.9 Å². The quantitative estimate of drug-likeness (QED) is 0.818. The van der Waals surface area contributed by atoms with Crippen LogP contribution in [0.5, 0.6) is 5.75 Å². The number of hydrogen-bond acceptors (Lipinski definition) is 3. The second-order valence-corrected chi connectivity index (χ2v) is 5.16. The second kappa shape index (κ2) is 6.02. The number of nitrogens with two attached hydrogens (primary N) is 1. The minimum atomic E-state index is -0.236. The van der Waals surface area contributed by atoms with E-state index in [1.165, 1.54) is 0 Å². The minimum absolute atomic E-state index is 0.0471. The van der Waals surface area contributed by atoms with Crippen LogP contribution in [0.25, 0.3) is 0 Å². The first-order valence-electron chi connectivity index (χ1n) is 6.42. The first-order valence-corrected chi connectivity index (χ1v) is 6.83. The summed E-state index contributed by atoms with van der Waals surface area (Å²) in [6.07, 6.45) is 1.39. The van der Waals surface area contributed by atoms with Gasteiger partial charge in [0, 0.05) is 0 Å². The van der Waals surface area contributed by atoms with Crippen molar-refractivity contribution in [2.45, 2.75) is 25.8 Å². The lowest BCUT2D eigenvalue weighted by Gasteiger charge is -2.26. The molecule has 4 nitrogen and oxygen atoms in total. The summed E-state index contributed by atoms with van der Waals surface area (Å²) in [7, 11) is 0. The van der Waals surface area contributed by atoms with Crippen LogP contribution >= 0.6 is 12.2 Å². The van der Waals surface area contributed by atoms with Gasteiger partial charge in [-0.05, 0) is 24.5 Å². The molecule has 0 saturated carbocycles. The molecule has 0 radical (unpaired) electrons. The fourth-order valence-corrected chi connectivity index (χ4v) is 2.39. The smallest absolute Gasteiger partial charge is 0.227 e. The average molecular weight is 278 g/mol. The van der Waals surface area contributed by atoms with Crippen molar-refractivity contribution in [3.05, 3.63) is 29.8 Å². The Kier molecular flexibility index (Phi) is 4.37. The maximum Gasteiger partial charge on any atom is 0.227 e. The fraction of sp³-hybridized carbons (Fsp3) is 0.429. The molecule has 0 fully saturated rings. The van der Waals surface area contributed by atoms with Crippen molar-refractivity contribution >= 4 is 23.1 Å². The first kappa shape index (κ1) is 13.8. The van der Waals surface area contributed by atoms with E-state index in [4.69, 9.17) is 22.7 Å². The van der Waals surface area contributed by atoms with Gasteiger partial charge in [0.15, 0.2) is 0 Å². The van der Waals surface area contributed by atoms with Gasteiger partial charge in [0.1, 0.15) is 12.4 Å². The number of ether oxygens (including phenoxy) is 1. The molecule has 3 N–H and O–H groups in total. The number of carbonyl (C=O) groups excluding carboxylic acids is 1. The molecule has 1 aromatic rings. The molecule has 1 aliphatic rings. The Hall–Kier alpha value is -1.62. The van der Waals surface area contributed by atoms with Crippen molar-refractivity contribution in [2.75, 3.05) is 6.61 Å². The fourth-order valence-electron chi connectivity index (χ4n) is 2.16. The highest BCUT2D eigenvalue weighted by atomic mass is 32.1. The molecule has 0 bridgehead atoms. The highest BCUT2D eigenvalue weighted by Crippen LogP contribution is 2.26. The second-order valence-electron chi connectivity index (χ2n) is 4.69. The molecule has 102 valence electrons. The maximum absolute atomic E-state index is 12.2. The summed E-state index contributed by atoms with van der Waals surface area (Å²) in [5, 5.41) is 2.88. The van der Waals surface area contributed by atoms with Crippen LogP contribution in [0.15, 0.2) is 24.3 Å². The van der Waals surface area contributed by atoms with E-state index in [1.807, 2.05) is 31.2 Å². The lowest BCUT2D eigenvalue weighted by Crippen LogP contribution is -2.47. The maximum atomic E-state index is 12.2. The molecule has 1 amide bonds. The van der Waals surface area contributed by atoms with Crippen LogP contribution in [0.1, 0.15) is 18.9 Å². The van der Waals surface area contributed by atoms with Gasteiger partial charge < -0.3 is 15.8 Å². The summed E-state index contributed by atoms with van der Waals surface area (Å²) >= 11 is 4.93. The predicted octanol–water partition coefficient (Wildman–Crippen LogP) is 1.42. The summed E-state index contributed by atoms with van der Waals surface area (Å²) in [5.41, 5.74) is 6.65. The first-order chi connectivity index (χ1) is 9.11. The number of benzene rings is 1. The third kappa shape index (κ3) is 3.23.